The third kappa shape index (κ3) is 1.25. The molecule has 2 heterocycles. The highest BCUT2D eigenvalue weighted by Gasteiger charge is 2.41. The van der Waals surface area contributed by atoms with E-state index in [1.54, 1.807) is 0 Å². The number of rotatable bonds is 0. The lowest BCUT2D eigenvalue weighted by Crippen LogP contribution is -2.36. The van der Waals surface area contributed by atoms with Crippen LogP contribution >= 0.6 is 23.2 Å². The van der Waals surface area contributed by atoms with Crippen molar-refractivity contribution >= 4 is 34.7 Å². The van der Waals surface area contributed by atoms with Gasteiger partial charge in [0.2, 0.25) is 0 Å². The van der Waals surface area contributed by atoms with Gasteiger partial charge in [0.25, 0.3) is 0 Å². The van der Waals surface area contributed by atoms with Crippen molar-refractivity contribution in [2.45, 2.75) is 19.0 Å². The maximum absolute atomic E-state index is 6.23. The van der Waals surface area contributed by atoms with Crippen LogP contribution in [-0.2, 0) is 6.54 Å². The number of hydrogen-bond donors (Lipinski definition) is 0. The van der Waals surface area contributed by atoms with Crippen LogP contribution < -0.4 is 0 Å². The summed E-state index contributed by atoms with van der Waals surface area (Å²) in [5, 5.41) is 1.46. The standard InChI is InChI=1S/C13H10Cl2N2/c14-10-3-4-11(15)12-9(10)6-17-8-2-1-7(5-8)13(17)16-12/h1-4,7-8H,5-6H2. The molecule has 1 aromatic carbocycles. The van der Waals surface area contributed by atoms with Crippen molar-refractivity contribution in [2.24, 2.45) is 10.9 Å². The van der Waals surface area contributed by atoms with Crippen LogP contribution in [0.3, 0.4) is 0 Å². The lowest BCUT2D eigenvalue weighted by molar-refractivity contribution is 0.378. The summed E-state index contributed by atoms with van der Waals surface area (Å²) in [6.07, 6.45) is 5.68. The molecule has 0 saturated carbocycles. The van der Waals surface area contributed by atoms with Crippen molar-refractivity contribution in [3.8, 4) is 0 Å². The number of hydrogen-bond acceptors (Lipinski definition) is 2. The molecule has 1 aromatic rings. The molecule has 2 aliphatic heterocycles. The van der Waals surface area contributed by atoms with Gasteiger partial charge in [0.1, 0.15) is 5.84 Å². The van der Waals surface area contributed by atoms with Crippen molar-refractivity contribution < 1.29 is 0 Å². The van der Waals surface area contributed by atoms with Gasteiger partial charge in [-0.05, 0) is 18.6 Å². The summed E-state index contributed by atoms with van der Waals surface area (Å²) < 4.78 is 0. The van der Waals surface area contributed by atoms with Gasteiger partial charge in [-0.1, -0.05) is 35.4 Å². The monoisotopic (exact) mass is 264 g/mol. The van der Waals surface area contributed by atoms with Crippen molar-refractivity contribution in [3.63, 3.8) is 0 Å². The van der Waals surface area contributed by atoms with Gasteiger partial charge in [0.05, 0.1) is 10.7 Å². The first-order chi connectivity index (χ1) is 8.24. The Bertz CT molecular complexity index is 577. The Balaban J connectivity index is 1.93. The predicted molar refractivity (Wildman–Crippen MR) is 70.1 cm³/mol. The SMILES string of the molecule is Clc1ccc(Cl)c2c1CN1C(=N2)C2C=CC1C2. The normalized spacial score (nSPS) is 28.1. The highest BCUT2D eigenvalue weighted by Crippen LogP contribution is 2.44. The quantitative estimate of drug-likeness (QED) is 0.651. The third-order valence-electron chi connectivity index (χ3n) is 3.82. The fourth-order valence-corrected chi connectivity index (χ4v) is 3.40. The smallest absolute Gasteiger partial charge is 0.113 e. The number of benzene rings is 1. The Hall–Kier alpha value is -0.990. The average Bonchev–Trinajstić information content (AvgIpc) is 2.94. The minimum Gasteiger partial charge on any atom is -0.349 e. The summed E-state index contributed by atoms with van der Waals surface area (Å²) in [4.78, 5) is 7.07. The maximum atomic E-state index is 6.23. The van der Waals surface area contributed by atoms with E-state index >= 15 is 0 Å². The number of amidine groups is 1. The molecule has 86 valence electrons. The van der Waals surface area contributed by atoms with E-state index in [9.17, 15) is 0 Å². The molecule has 0 amide bonds. The second kappa shape index (κ2) is 3.27. The van der Waals surface area contributed by atoms with E-state index < -0.39 is 0 Å². The van der Waals surface area contributed by atoms with Crippen molar-refractivity contribution in [1.29, 1.82) is 0 Å². The van der Waals surface area contributed by atoms with Crippen molar-refractivity contribution in [2.75, 3.05) is 0 Å². The van der Waals surface area contributed by atoms with E-state index in [4.69, 9.17) is 28.2 Å². The minimum atomic E-state index is 0.475. The zero-order valence-electron chi connectivity index (χ0n) is 9.03. The first kappa shape index (κ1) is 9.98. The van der Waals surface area contributed by atoms with Gasteiger partial charge >= 0.3 is 0 Å². The van der Waals surface area contributed by atoms with E-state index in [1.165, 1.54) is 0 Å². The van der Waals surface area contributed by atoms with Gasteiger partial charge in [-0.15, -0.1) is 0 Å². The van der Waals surface area contributed by atoms with Crippen molar-refractivity contribution in [3.05, 3.63) is 39.9 Å². The molecule has 1 aliphatic carbocycles. The summed E-state index contributed by atoms with van der Waals surface area (Å²) in [5.74, 6) is 1.64. The van der Waals surface area contributed by atoms with E-state index in [1.807, 2.05) is 12.1 Å². The molecule has 0 aromatic heterocycles. The van der Waals surface area contributed by atoms with Gasteiger partial charge in [-0.2, -0.15) is 0 Å². The van der Waals surface area contributed by atoms with Gasteiger partial charge in [-0.3, -0.25) is 0 Å². The Labute approximate surface area is 110 Å². The topological polar surface area (TPSA) is 15.6 Å². The highest BCUT2D eigenvalue weighted by molar-refractivity contribution is 6.36. The van der Waals surface area contributed by atoms with Crippen molar-refractivity contribution in [1.82, 2.24) is 4.90 Å². The molecule has 2 unspecified atom stereocenters. The first-order valence-electron chi connectivity index (χ1n) is 5.74. The van der Waals surface area contributed by atoms with Gasteiger partial charge in [0, 0.05) is 29.1 Å². The number of nitrogens with zero attached hydrogens (tertiary/aromatic N) is 2. The Kier molecular flexibility index (Phi) is 1.92. The van der Waals surface area contributed by atoms with Crippen LogP contribution in [0.5, 0.6) is 0 Å². The largest absolute Gasteiger partial charge is 0.349 e. The molecule has 1 saturated heterocycles. The van der Waals surface area contributed by atoms with Crippen LogP contribution in [0.25, 0.3) is 0 Å². The molecule has 4 rings (SSSR count). The molecule has 2 nitrogen and oxygen atoms in total. The zero-order chi connectivity index (χ0) is 11.6. The van der Waals surface area contributed by atoms with E-state index in [0.29, 0.717) is 17.0 Å². The molecule has 0 N–H and O–H groups in total. The molecule has 4 heteroatoms. The fraction of sp³-hybridized carbons (Fsp3) is 0.308. The van der Waals surface area contributed by atoms with Gasteiger partial charge in [0.15, 0.2) is 0 Å². The van der Waals surface area contributed by atoms with Crippen LogP contribution in [0.1, 0.15) is 12.0 Å². The molecule has 3 aliphatic rings. The second-order valence-electron chi connectivity index (χ2n) is 4.75. The average molecular weight is 265 g/mol. The number of halogens is 2. The lowest BCUT2D eigenvalue weighted by Gasteiger charge is -2.32. The van der Waals surface area contributed by atoms with Crippen LogP contribution in [0.2, 0.25) is 10.0 Å². The molecule has 2 atom stereocenters. The minimum absolute atomic E-state index is 0.475. The summed E-state index contributed by atoms with van der Waals surface area (Å²) in [6, 6.07) is 4.18. The molecule has 0 spiro atoms. The van der Waals surface area contributed by atoms with Gasteiger partial charge in [-0.25, -0.2) is 4.99 Å². The fourth-order valence-electron chi connectivity index (χ4n) is 2.97. The Morgan fingerprint density at radius 3 is 2.88 bits per heavy atom. The van der Waals surface area contributed by atoms with Crippen LogP contribution in [0.4, 0.5) is 5.69 Å². The predicted octanol–water partition coefficient (Wildman–Crippen LogP) is 3.80. The molecule has 1 fully saturated rings. The van der Waals surface area contributed by atoms with E-state index in [-0.39, 0.29) is 0 Å². The third-order valence-corrected chi connectivity index (χ3v) is 4.48. The zero-order valence-corrected chi connectivity index (χ0v) is 10.5. The summed E-state index contributed by atoms with van der Waals surface area (Å²) in [7, 11) is 0. The number of aliphatic imine (C=N–C) groups is 1. The van der Waals surface area contributed by atoms with E-state index in [0.717, 1.165) is 35.1 Å². The van der Waals surface area contributed by atoms with Gasteiger partial charge < -0.3 is 4.90 Å². The van der Waals surface area contributed by atoms with Crippen LogP contribution in [0, 0.1) is 5.92 Å². The Morgan fingerprint density at radius 2 is 2.00 bits per heavy atom. The molecular formula is C13H10Cl2N2. The molecule has 2 bridgehead atoms. The van der Waals surface area contributed by atoms with E-state index in [2.05, 4.69) is 17.1 Å². The Morgan fingerprint density at radius 1 is 1.18 bits per heavy atom. The lowest BCUT2D eigenvalue weighted by atomic mass is 10.1. The molecular weight excluding hydrogens is 255 g/mol. The first-order valence-corrected chi connectivity index (χ1v) is 6.50. The number of fused-ring (bicyclic) bond motifs is 6. The molecule has 0 radical (unpaired) electrons. The maximum Gasteiger partial charge on any atom is 0.113 e. The summed E-state index contributed by atoms with van der Waals surface area (Å²) >= 11 is 12.4. The second-order valence-corrected chi connectivity index (χ2v) is 5.56. The highest BCUT2D eigenvalue weighted by atomic mass is 35.5. The summed E-state index contributed by atoms with van der Waals surface area (Å²) in [5.41, 5.74) is 1.93. The van der Waals surface area contributed by atoms with Crippen LogP contribution in [-0.4, -0.2) is 16.8 Å². The van der Waals surface area contributed by atoms with Crippen LogP contribution in [0.15, 0.2) is 29.3 Å². The molecule has 17 heavy (non-hydrogen) atoms. The summed E-state index contributed by atoms with van der Waals surface area (Å²) in [6.45, 7) is 0.832.